The Hall–Kier alpha value is -4.74. The third-order valence-electron chi connectivity index (χ3n) is 5.53. The fourth-order valence-electron chi connectivity index (χ4n) is 3.86. The number of benzene rings is 2. The second-order valence-corrected chi connectivity index (χ2v) is 9.33. The first-order chi connectivity index (χ1) is 17.6. The molecule has 2 aliphatic heterocycles. The van der Waals surface area contributed by atoms with Gasteiger partial charge >= 0.3 is 0 Å². The summed E-state index contributed by atoms with van der Waals surface area (Å²) < 4.78 is 38.1. The van der Waals surface area contributed by atoms with E-state index in [1.54, 1.807) is 29.2 Å². The highest BCUT2D eigenvalue weighted by Gasteiger charge is 2.33. The van der Waals surface area contributed by atoms with Crippen molar-refractivity contribution in [2.45, 2.75) is 0 Å². The molecular weight excluding hydrogens is 502 g/mol. The fourth-order valence-corrected chi connectivity index (χ4v) is 4.46. The molecule has 1 fully saturated rings. The maximum Gasteiger partial charge on any atom is 0.289 e. The molecule has 2 heterocycles. The van der Waals surface area contributed by atoms with Gasteiger partial charge in [0, 0.05) is 23.3 Å². The highest BCUT2D eigenvalue weighted by molar-refractivity contribution is 7.85. The van der Waals surface area contributed by atoms with Crippen LogP contribution >= 0.6 is 0 Å². The van der Waals surface area contributed by atoms with Crippen LogP contribution < -0.4 is 20.4 Å². The predicted molar refractivity (Wildman–Crippen MR) is 135 cm³/mol. The molecule has 0 spiro atoms. The summed E-state index contributed by atoms with van der Waals surface area (Å²) >= 11 is 0. The molecule has 1 saturated heterocycles. The summed E-state index contributed by atoms with van der Waals surface area (Å²) in [6.45, 7) is 0.993. The van der Waals surface area contributed by atoms with Gasteiger partial charge in [-0.15, -0.1) is 0 Å². The minimum absolute atomic E-state index is 0.0187. The van der Waals surface area contributed by atoms with Crippen molar-refractivity contribution < 1.29 is 27.3 Å². The number of carbonyl (C=O) groups excluding carboxylic acids is 2. The average molecular weight is 524 g/mol. The SMILES string of the molecule is N#Cc1ccc(N(CS(=O)(=O)O)C(=O)C2=C(C(N)=O)N(c3ccc(N4CCOC4=N)cc3)CC=N2)cc1. The van der Waals surface area contributed by atoms with Crippen molar-refractivity contribution in [1.29, 1.82) is 10.7 Å². The van der Waals surface area contributed by atoms with Crippen molar-refractivity contribution in [3.8, 4) is 6.07 Å². The Balaban J connectivity index is 1.73. The van der Waals surface area contributed by atoms with Crippen LogP contribution in [0.25, 0.3) is 0 Å². The fraction of sp³-hybridized carbons (Fsp3) is 0.174. The van der Waals surface area contributed by atoms with Crippen LogP contribution in [-0.2, 0) is 24.4 Å². The van der Waals surface area contributed by atoms with Gasteiger partial charge in [-0.25, -0.2) is 0 Å². The number of nitrogens with two attached hydrogens (primary N) is 1. The van der Waals surface area contributed by atoms with Crippen LogP contribution in [-0.4, -0.2) is 62.6 Å². The second-order valence-electron chi connectivity index (χ2n) is 7.91. The molecule has 0 aromatic heterocycles. The Labute approximate surface area is 211 Å². The molecule has 0 bridgehead atoms. The van der Waals surface area contributed by atoms with E-state index in [2.05, 4.69) is 4.99 Å². The zero-order chi connectivity index (χ0) is 26.7. The van der Waals surface area contributed by atoms with E-state index in [0.717, 1.165) is 4.90 Å². The molecular formula is C23H21N7O6S. The number of primary amides is 1. The topological polar surface area (TPSA) is 193 Å². The van der Waals surface area contributed by atoms with E-state index >= 15 is 0 Å². The number of amides is 2. The van der Waals surface area contributed by atoms with Crippen molar-refractivity contribution in [1.82, 2.24) is 0 Å². The molecule has 0 atom stereocenters. The van der Waals surface area contributed by atoms with Gasteiger partial charge in [0.15, 0.2) is 11.6 Å². The van der Waals surface area contributed by atoms with Gasteiger partial charge in [-0.05, 0) is 48.5 Å². The van der Waals surface area contributed by atoms with Crippen molar-refractivity contribution in [2.24, 2.45) is 10.7 Å². The molecule has 4 N–H and O–H groups in total. The highest BCUT2D eigenvalue weighted by Crippen LogP contribution is 2.29. The molecule has 0 saturated carbocycles. The Morgan fingerprint density at radius 2 is 1.76 bits per heavy atom. The number of hydrogen-bond donors (Lipinski definition) is 3. The second kappa shape index (κ2) is 10.1. The van der Waals surface area contributed by atoms with Crippen LogP contribution in [0, 0.1) is 16.7 Å². The number of ether oxygens (including phenoxy) is 1. The smallest absolute Gasteiger partial charge is 0.289 e. The van der Waals surface area contributed by atoms with Gasteiger partial charge in [0.1, 0.15) is 12.3 Å². The molecule has 13 nitrogen and oxygen atoms in total. The number of rotatable bonds is 7. The van der Waals surface area contributed by atoms with Crippen LogP contribution in [0.1, 0.15) is 5.56 Å². The monoisotopic (exact) mass is 523 g/mol. The Bertz CT molecular complexity index is 1460. The first-order valence-corrected chi connectivity index (χ1v) is 12.4. The summed E-state index contributed by atoms with van der Waals surface area (Å²) in [6.07, 6.45) is 1.36. The number of hydrogen-bond acceptors (Lipinski definition) is 9. The van der Waals surface area contributed by atoms with Crippen LogP contribution in [0.4, 0.5) is 17.1 Å². The summed E-state index contributed by atoms with van der Waals surface area (Å²) in [4.78, 5) is 33.9. The lowest BCUT2D eigenvalue weighted by Crippen LogP contribution is -2.42. The summed E-state index contributed by atoms with van der Waals surface area (Å²) in [5.41, 5.74) is 6.43. The molecule has 0 unspecified atom stereocenters. The third kappa shape index (κ3) is 5.42. The standard InChI is InChI=1S/C23H21N7O6S/c24-13-15-1-3-18(4-2-15)30(14-37(33,34)35)22(32)19-20(21(25)31)28(10-9-27-19)16-5-7-17(8-6-16)29-11-12-36-23(29)26/h1-9,26H,10-12,14H2,(H2,25,31)(H,33,34,35). The third-order valence-corrected chi connectivity index (χ3v) is 6.12. The van der Waals surface area contributed by atoms with E-state index in [-0.39, 0.29) is 29.5 Å². The number of aliphatic imine (C=N–C) groups is 1. The first-order valence-electron chi connectivity index (χ1n) is 10.8. The quantitative estimate of drug-likeness (QED) is 0.440. The molecule has 190 valence electrons. The summed E-state index contributed by atoms with van der Waals surface area (Å²) in [7, 11) is -4.69. The zero-order valence-electron chi connectivity index (χ0n) is 19.2. The van der Waals surface area contributed by atoms with E-state index in [9.17, 15) is 22.6 Å². The molecule has 14 heteroatoms. The highest BCUT2D eigenvalue weighted by atomic mass is 32.2. The summed E-state index contributed by atoms with van der Waals surface area (Å²) in [6, 6.07) is 14.1. The Morgan fingerprint density at radius 1 is 1.14 bits per heavy atom. The number of nitriles is 1. The molecule has 0 radical (unpaired) electrons. The van der Waals surface area contributed by atoms with E-state index < -0.39 is 33.5 Å². The normalized spacial score (nSPS) is 15.4. The number of amidine groups is 1. The van der Waals surface area contributed by atoms with Gasteiger partial charge in [-0.2, -0.15) is 13.7 Å². The number of anilines is 3. The van der Waals surface area contributed by atoms with E-state index in [4.69, 9.17) is 21.1 Å². The van der Waals surface area contributed by atoms with Crippen molar-refractivity contribution in [3.05, 3.63) is 65.5 Å². The Kier molecular flexibility index (Phi) is 6.92. The number of nitrogens with zero attached hydrogens (tertiary/aromatic N) is 5. The molecule has 2 amide bonds. The van der Waals surface area contributed by atoms with E-state index in [0.29, 0.717) is 24.5 Å². The number of nitrogens with one attached hydrogen (secondary N) is 1. The lowest BCUT2D eigenvalue weighted by Gasteiger charge is -2.30. The van der Waals surface area contributed by atoms with Gasteiger partial charge in [-0.1, -0.05) is 0 Å². The van der Waals surface area contributed by atoms with Gasteiger partial charge < -0.3 is 15.4 Å². The Morgan fingerprint density at radius 3 is 2.27 bits per heavy atom. The van der Waals surface area contributed by atoms with E-state index in [1.165, 1.54) is 35.4 Å². The number of carbonyl (C=O) groups is 2. The molecule has 37 heavy (non-hydrogen) atoms. The maximum absolute atomic E-state index is 13.5. The summed E-state index contributed by atoms with van der Waals surface area (Å²) in [5.74, 6) is -3.11. The minimum Gasteiger partial charge on any atom is -0.463 e. The van der Waals surface area contributed by atoms with Crippen molar-refractivity contribution in [2.75, 3.05) is 40.3 Å². The first kappa shape index (κ1) is 25.4. The van der Waals surface area contributed by atoms with Gasteiger partial charge in [-0.3, -0.25) is 34.3 Å². The zero-order valence-corrected chi connectivity index (χ0v) is 20.1. The van der Waals surface area contributed by atoms with Crippen molar-refractivity contribution >= 4 is 51.2 Å². The maximum atomic E-state index is 13.5. The van der Waals surface area contributed by atoms with Crippen LogP contribution in [0.2, 0.25) is 0 Å². The molecule has 2 aliphatic rings. The molecule has 4 rings (SSSR count). The largest absolute Gasteiger partial charge is 0.463 e. The van der Waals surface area contributed by atoms with E-state index in [1.807, 2.05) is 6.07 Å². The minimum atomic E-state index is -4.69. The van der Waals surface area contributed by atoms with Gasteiger partial charge in [0.25, 0.3) is 28.0 Å². The molecule has 0 aliphatic carbocycles. The lowest BCUT2D eigenvalue weighted by atomic mass is 10.1. The average Bonchev–Trinajstić information content (AvgIpc) is 3.31. The van der Waals surface area contributed by atoms with Crippen LogP contribution in [0.3, 0.4) is 0 Å². The van der Waals surface area contributed by atoms with Gasteiger partial charge in [0.05, 0.1) is 24.7 Å². The van der Waals surface area contributed by atoms with Crippen LogP contribution in [0.15, 0.2) is 64.9 Å². The molecule has 2 aromatic rings. The van der Waals surface area contributed by atoms with Crippen LogP contribution in [0.5, 0.6) is 0 Å². The van der Waals surface area contributed by atoms with Crippen molar-refractivity contribution in [3.63, 3.8) is 0 Å². The molecule has 2 aromatic carbocycles. The predicted octanol–water partition coefficient (Wildman–Crippen LogP) is 0.796. The van der Waals surface area contributed by atoms with Gasteiger partial charge in [0.2, 0.25) is 0 Å². The lowest BCUT2D eigenvalue weighted by molar-refractivity contribution is -0.117. The summed E-state index contributed by atoms with van der Waals surface area (Å²) in [5, 5.41) is 16.9.